The number of carbonyl (C=O) groups excluding carboxylic acids is 2. The molecule has 16 heavy (non-hydrogen) atoms. The van der Waals surface area contributed by atoms with Crippen LogP contribution in [0, 0.1) is 17.8 Å². The Balaban J connectivity index is 2.87. The van der Waals surface area contributed by atoms with E-state index >= 15 is 0 Å². The molecule has 0 bridgehead atoms. The van der Waals surface area contributed by atoms with Crippen molar-refractivity contribution in [3.8, 4) is 0 Å². The molecule has 5 heteroatoms. The van der Waals surface area contributed by atoms with Crippen molar-refractivity contribution in [1.82, 2.24) is 0 Å². The first-order chi connectivity index (χ1) is 7.56. The van der Waals surface area contributed by atoms with Gasteiger partial charge in [0.25, 0.3) is 0 Å². The van der Waals surface area contributed by atoms with Crippen LogP contribution in [0.25, 0.3) is 0 Å². The van der Waals surface area contributed by atoms with Gasteiger partial charge in [0.2, 0.25) is 0 Å². The van der Waals surface area contributed by atoms with Crippen molar-refractivity contribution in [2.75, 3.05) is 14.2 Å². The monoisotopic (exact) mass is 230 g/mol. The largest absolute Gasteiger partial charge is 0.393 e. The smallest absolute Gasteiger partial charge is 0.317 e. The maximum Gasteiger partial charge on any atom is 0.317 e. The molecule has 0 aliphatic carbocycles. The lowest BCUT2D eigenvalue weighted by atomic mass is 9.82. The van der Waals surface area contributed by atoms with E-state index in [4.69, 9.17) is 9.47 Å². The summed E-state index contributed by atoms with van der Waals surface area (Å²) in [7, 11) is 3.03. The lowest BCUT2D eigenvalue weighted by molar-refractivity contribution is -0.166. The highest BCUT2D eigenvalue weighted by Crippen LogP contribution is 2.34. The van der Waals surface area contributed by atoms with Crippen LogP contribution >= 0.6 is 0 Å². The molecule has 3 atom stereocenters. The zero-order chi connectivity index (χ0) is 12.3. The molecule has 3 unspecified atom stereocenters. The Hall–Kier alpha value is -0.940. The normalized spacial score (nSPS) is 27.3. The van der Waals surface area contributed by atoms with E-state index < -0.39 is 30.1 Å². The van der Waals surface area contributed by atoms with Crippen molar-refractivity contribution in [3.63, 3.8) is 0 Å². The predicted octanol–water partition coefficient (Wildman–Crippen LogP) is 0.967. The van der Waals surface area contributed by atoms with Gasteiger partial charge in [-0.15, -0.1) is 0 Å². The van der Waals surface area contributed by atoms with Crippen molar-refractivity contribution in [3.05, 3.63) is 0 Å². The molecule has 5 nitrogen and oxygen atoms in total. The zero-order valence-electron chi connectivity index (χ0n) is 10.1. The van der Waals surface area contributed by atoms with Crippen LogP contribution in [-0.2, 0) is 23.8 Å². The number of cyclic esters (lactones) is 2. The highest BCUT2D eigenvalue weighted by Gasteiger charge is 2.47. The molecule has 0 N–H and O–H groups in total. The first-order valence-electron chi connectivity index (χ1n) is 5.37. The zero-order valence-corrected chi connectivity index (χ0v) is 10.1. The lowest BCUT2D eigenvalue weighted by Crippen LogP contribution is -2.35. The van der Waals surface area contributed by atoms with Gasteiger partial charge in [-0.05, 0) is 6.42 Å². The van der Waals surface area contributed by atoms with Gasteiger partial charge in [0, 0.05) is 20.1 Å². The van der Waals surface area contributed by atoms with Gasteiger partial charge in [-0.2, -0.15) is 0 Å². The van der Waals surface area contributed by atoms with E-state index in [1.54, 1.807) is 6.92 Å². The minimum Gasteiger partial charge on any atom is -0.393 e. The van der Waals surface area contributed by atoms with E-state index in [2.05, 4.69) is 4.74 Å². The van der Waals surface area contributed by atoms with Crippen molar-refractivity contribution < 1.29 is 23.8 Å². The fourth-order valence-corrected chi connectivity index (χ4v) is 2.22. The second-order valence-electron chi connectivity index (χ2n) is 3.97. The highest BCUT2D eigenvalue weighted by molar-refractivity contribution is 5.96. The van der Waals surface area contributed by atoms with Gasteiger partial charge in [-0.3, -0.25) is 9.59 Å². The molecule has 92 valence electrons. The van der Waals surface area contributed by atoms with Gasteiger partial charge in [0.05, 0.1) is 11.8 Å². The quantitative estimate of drug-likeness (QED) is 0.400. The molecule has 0 amide bonds. The van der Waals surface area contributed by atoms with Crippen molar-refractivity contribution in [2.45, 2.75) is 26.6 Å². The molecule has 0 aromatic heterocycles. The Morgan fingerprint density at radius 3 is 2.12 bits per heavy atom. The number of rotatable bonds is 5. The second-order valence-corrected chi connectivity index (χ2v) is 3.97. The summed E-state index contributed by atoms with van der Waals surface area (Å²) in [5.41, 5.74) is 0. The third kappa shape index (κ3) is 2.25. The summed E-state index contributed by atoms with van der Waals surface area (Å²) in [6, 6.07) is 0. The summed E-state index contributed by atoms with van der Waals surface area (Å²) >= 11 is 0. The molecule has 0 spiro atoms. The molecule has 1 aliphatic heterocycles. The van der Waals surface area contributed by atoms with Crippen LogP contribution in [0.3, 0.4) is 0 Å². The van der Waals surface area contributed by atoms with Gasteiger partial charge in [-0.1, -0.05) is 13.8 Å². The van der Waals surface area contributed by atoms with E-state index in [1.807, 2.05) is 6.92 Å². The average Bonchev–Trinajstić information content (AvgIpc) is 2.51. The Bertz CT molecular complexity index is 272. The van der Waals surface area contributed by atoms with E-state index in [1.165, 1.54) is 14.2 Å². The van der Waals surface area contributed by atoms with Crippen LogP contribution in [-0.4, -0.2) is 32.4 Å². The molecule has 1 rings (SSSR count). The van der Waals surface area contributed by atoms with Crippen molar-refractivity contribution >= 4 is 11.9 Å². The van der Waals surface area contributed by atoms with E-state index in [0.29, 0.717) is 6.42 Å². The van der Waals surface area contributed by atoms with E-state index in [9.17, 15) is 9.59 Å². The Kier molecular flexibility index (Phi) is 4.44. The number of hydrogen-bond donors (Lipinski definition) is 0. The number of carbonyl (C=O) groups is 2. The van der Waals surface area contributed by atoms with Gasteiger partial charge in [0.1, 0.15) is 0 Å². The second kappa shape index (κ2) is 5.41. The molecule has 0 aromatic rings. The average molecular weight is 230 g/mol. The maximum atomic E-state index is 11.6. The Labute approximate surface area is 95.0 Å². The molecular weight excluding hydrogens is 212 g/mol. The predicted molar refractivity (Wildman–Crippen MR) is 55.3 cm³/mol. The fraction of sp³-hybridized carbons (Fsp3) is 0.818. The maximum absolute atomic E-state index is 11.6. The molecule has 1 fully saturated rings. The molecule has 0 saturated carbocycles. The van der Waals surface area contributed by atoms with Crippen LogP contribution < -0.4 is 0 Å². The van der Waals surface area contributed by atoms with Crippen LogP contribution in [0.1, 0.15) is 20.3 Å². The molecule has 1 saturated heterocycles. The molecule has 1 aliphatic rings. The number of esters is 2. The summed E-state index contributed by atoms with van der Waals surface area (Å²) in [5, 5.41) is 0. The van der Waals surface area contributed by atoms with Crippen LogP contribution in [0.4, 0.5) is 0 Å². The van der Waals surface area contributed by atoms with Crippen LogP contribution in [0.15, 0.2) is 0 Å². The first kappa shape index (κ1) is 13.1. The summed E-state index contributed by atoms with van der Waals surface area (Å²) in [6.45, 7) is 3.63. The summed E-state index contributed by atoms with van der Waals surface area (Å²) < 4.78 is 14.9. The first-order valence-corrected chi connectivity index (χ1v) is 5.37. The topological polar surface area (TPSA) is 61.8 Å². The third-order valence-corrected chi connectivity index (χ3v) is 3.13. The third-order valence-electron chi connectivity index (χ3n) is 3.13. The minimum absolute atomic E-state index is 0.163. The Morgan fingerprint density at radius 2 is 1.81 bits per heavy atom. The van der Waals surface area contributed by atoms with Crippen LogP contribution in [0.2, 0.25) is 0 Å². The van der Waals surface area contributed by atoms with Gasteiger partial charge in [0.15, 0.2) is 6.29 Å². The number of hydrogen-bond acceptors (Lipinski definition) is 5. The van der Waals surface area contributed by atoms with Gasteiger partial charge >= 0.3 is 11.9 Å². The SMILES string of the molecule is CCC(C(OC)OC)C1C(=O)OC(=O)C1C. The van der Waals surface area contributed by atoms with Gasteiger partial charge in [-0.25, -0.2) is 0 Å². The van der Waals surface area contributed by atoms with Crippen molar-refractivity contribution in [2.24, 2.45) is 17.8 Å². The van der Waals surface area contributed by atoms with Crippen LogP contribution in [0.5, 0.6) is 0 Å². The standard InChI is InChI=1S/C11H18O5/c1-5-7(11(14-3)15-4)8-6(2)9(12)16-10(8)13/h6-8,11H,5H2,1-4H3. The summed E-state index contributed by atoms with van der Waals surface area (Å²) in [6.07, 6.45) is 0.194. The number of ether oxygens (including phenoxy) is 3. The molecular formula is C11H18O5. The van der Waals surface area contributed by atoms with E-state index in [0.717, 1.165) is 0 Å². The summed E-state index contributed by atoms with van der Waals surface area (Å²) in [4.78, 5) is 22.9. The Morgan fingerprint density at radius 1 is 1.25 bits per heavy atom. The van der Waals surface area contributed by atoms with E-state index in [-0.39, 0.29) is 5.92 Å². The molecule has 0 radical (unpaired) electrons. The van der Waals surface area contributed by atoms with Gasteiger partial charge < -0.3 is 14.2 Å². The number of methoxy groups -OCH3 is 2. The molecule has 0 aromatic carbocycles. The fourth-order valence-electron chi connectivity index (χ4n) is 2.22. The highest BCUT2D eigenvalue weighted by atomic mass is 16.7. The lowest BCUT2D eigenvalue weighted by Gasteiger charge is -2.27. The molecule has 1 heterocycles. The summed E-state index contributed by atoms with van der Waals surface area (Å²) in [5.74, 6) is -1.99. The minimum atomic E-state index is -0.490. The van der Waals surface area contributed by atoms with Crippen molar-refractivity contribution in [1.29, 1.82) is 0 Å².